The van der Waals surface area contributed by atoms with Crippen molar-refractivity contribution in [3.8, 4) is 5.75 Å². The van der Waals surface area contributed by atoms with E-state index >= 15 is 0 Å². The van der Waals surface area contributed by atoms with Gasteiger partial charge in [0.05, 0.1) is 21.2 Å². The van der Waals surface area contributed by atoms with Gasteiger partial charge in [-0.3, -0.25) is 19.7 Å². The summed E-state index contributed by atoms with van der Waals surface area (Å²) in [4.78, 5) is 36.2. The Morgan fingerprint density at radius 2 is 1.74 bits per heavy atom. The quantitative estimate of drug-likeness (QED) is 0.530. The first-order valence-electron chi connectivity index (χ1n) is 9.31. The topological polar surface area (TPSA) is 84.5 Å². The summed E-state index contributed by atoms with van der Waals surface area (Å²) >= 11 is 12.0. The number of hydrogen-bond acceptors (Lipinski definition) is 4. The zero-order valence-corrected chi connectivity index (χ0v) is 17.8. The van der Waals surface area contributed by atoms with Gasteiger partial charge in [-0.1, -0.05) is 35.3 Å². The number of anilines is 1. The van der Waals surface area contributed by atoms with Crippen molar-refractivity contribution in [2.24, 2.45) is 0 Å². The summed E-state index contributed by atoms with van der Waals surface area (Å²) in [6.45, 7) is 2.11. The van der Waals surface area contributed by atoms with Crippen molar-refractivity contribution in [3.05, 3.63) is 92.5 Å². The largest absolute Gasteiger partial charge is 0.489 e. The van der Waals surface area contributed by atoms with Gasteiger partial charge in [-0.2, -0.15) is 0 Å². The number of imide groups is 1. The fourth-order valence-electron chi connectivity index (χ4n) is 3.20. The van der Waals surface area contributed by atoms with Crippen molar-refractivity contribution in [1.82, 2.24) is 5.32 Å². The molecule has 0 fully saturated rings. The number of amides is 3. The van der Waals surface area contributed by atoms with E-state index in [0.717, 1.165) is 11.1 Å². The lowest BCUT2D eigenvalue weighted by Crippen LogP contribution is -2.20. The number of halogens is 2. The molecular formula is C23H16Cl2N2O4. The summed E-state index contributed by atoms with van der Waals surface area (Å²) in [5.41, 5.74) is 2.88. The molecule has 0 spiro atoms. The van der Waals surface area contributed by atoms with Gasteiger partial charge in [0.15, 0.2) is 0 Å². The Morgan fingerprint density at radius 1 is 0.968 bits per heavy atom. The molecule has 2 N–H and O–H groups in total. The first-order valence-corrected chi connectivity index (χ1v) is 10.1. The summed E-state index contributed by atoms with van der Waals surface area (Å²) in [6.07, 6.45) is 0. The van der Waals surface area contributed by atoms with Crippen LogP contribution in [0.1, 0.15) is 42.2 Å². The minimum Gasteiger partial charge on any atom is -0.489 e. The van der Waals surface area contributed by atoms with Crippen LogP contribution in [0.3, 0.4) is 0 Å². The molecule has 1 heterocycles. The molecule has 4 rings (SSSR count). The monoisotopic (exact) mass is 454 g/mol. The first-order chi connectivity index (χ1) is 14.8. The van der Waals surface area contributed by atoms with E-state index in [9.17, 15) is 14.4 Å². The van der Waals surface area contributed by atoms with Crippen LogP contribution in [0.15, 0.2) is 54.6 Å². The highest BCUT2D eigenvalue weighted by Crippen LogP contribution is 2.28. The predicted molar refractivity (Wildman–Crippen MR) is 118 cm³/mol. The highest BCUT2D eigenvalue weighted by atomic mass is 35.5. The van der Waals surface area contributed by atoms with Crippen LogP contribution in [-0.2, 0) is 6.61 Å². The predicted octanol–water partition coefficient (Wildman–Crippen LogP) is 5.02. The zero-order chi connectivity index (χ0) is 22.1. The lowest BCUT2D eigenvalue weighted by Gasteiger charge is -2.14. The second-order valence-electron chi connectivity index (χ2n) is 6.96. The zero-order valence-electron chi connectivity index (χ0n) is 16.3. The number of nitrogens with one attached hydrogen (secondary N) is 2. The SMILES string of the molecule is Cc1c(NC(=O)c2ccc3c(c2)C(=O)NC3=O)cccc1OCc1ccc(Cl)c(Cl)c1. The Labute approximate surface area is 188 Å². The molecule has 31 heavy (non-hydrogen) atoms. The van der Waals surface area contributed by atoms with E-state index in [1.807, 2.05) is 13.0 Å². The Kier molecular flexibility index (Phi) is 5.67. The molecule has 6 nitrogen and oxygen atoms in total. The summed E-state index contributed by atoms with van der Waals surface area (Å²) in [5.74, 6) is -0.777. The Bertz CT molecular complexity index is 1240. The van der Waals surface area contributed by atoms with Gasteiger partial charge in [-0.15, -0.1) is 0 Å². The van der Waals surface area contributed by atoms with E-state index < -0.39 is 17.7 Å². The maximum absolute atomic E-state index is 12.7. The van der Waals surface area contributed by atoms with Gasteiger partial charge < -0.3 is 10.1 Å². The Hall–Kier alpha value is -3.35. The van der Waals surface area contributed by atoms with E-state index in [0.29, 0.717) is 21.5 Å². The molecule has 3 amide bonds. The van der Waals surface area contributed by atoms with Crippen molar-refractivity contribution in [2.45, 2.75) is 13.5 Å². The van der Waals surface area contributed by atoms with Crippen molar-refractivity contribution in [1.29, 1.82) is 0 Å². The van der Waals surface area contributed by atoms with Crippen molar-refractivity contribution >= 4 is 46.6 Å². The molecule has 3 aromatic rings. The molecule has 3 aromatic carbocycles. The van der Waals surface area contributed by atoms with Crippen LogP contribution in [0.5, 0.6) is 5.75 Å². The molecule has 0 aromatic heterocycles. The van der Waals surface area contributed by atoms with Gasteiger partial charge in [0.2, 0.25) is 0 Å². The maximum Gasteiger partial charge on any atom is 0.258 e. The lowest BCUT2D eigenvalue weighted by atomic mass is 10.0. The molecular weight excluding hydrogens is 439 g/mol. The smallest absolute Gasteiger partial charge is 0.258 e. The number of carbonyl (C=O) groups is 3. The fourth-order valence-corrected chi connectivity index (χ4v) is 3.52. The van der Waals surface area contributed by atoms with Gasteiger partial charge in [-0.05, 0) is 55.0 Å². The van der Waals surface area contributed by atoms with Crippen LogP contribution in [0.25, 0.3) is 0 Å². The summed E-state index contributed by atoms with van der Waals surface area (Å²) in [5, 5.41) is 5.95. The fraction of sp³-hybridized carbons (Fsp3) is 0.0870. The summed E-state index contributed by atoms with van der Waals surface area (Å²) < 4.78 is 5.89. The highest BCUT2D eigenvalue weighted by Gasteiger charge is 2.27. The van der Waals surface area contributed by atoms with Crippen molar-refractivity contribution in [3.63, 3.8) is 0 Å². The van der Waals surface area contributed by atoms with Crippen LogP contribution in [0, 0.1) is 6.92 Å². The minimum atomic E-state index is -0.511. The number of ether oxygens (including phenoxy) is 1. The molecule has 1 aliphatic rings. The van der Waals surface area contributed by atoms with E-state index in [1.165, 1.54) is 18.2 Å². The Balaban J connectivity index is 1.50. The van der Waals surface area contributed by atoms with Gasteiger partial charge in [0.1, 0.15) is 12.4 Å². The molecule has 0 saturated carbocycles. The molecule has 0 saturated heterocycles. The number of fused-ring (bicyclic) bond motifs is 1. The third-order valence-electron chi connectivity index (χ3n) is 4.91. The van der Waals surface area contributed by atoms with Gasteiger partial charge in [0, 0.05) is 16.8 Å². The van der Waals surface area contributed by atoms with E-state index in [1.54, 1.807) is 30.3 Å². The average molecular weight is 455 g/mol. The number of carbonyl (C=O) groups excluding carboxylic acids is 3. The standard InChI is InChI=1S/C23H16Cl2N2O4/c1-12-19(3-2-4-20(12)31-11-13-5-8-17(24)18(25)9-13)26-21(28)14-6-7-15-16(10-14)23(30)27-22(15)29/h2-10H,11H2,1H3,(H,26,28)(H,27,29,30). The maximum atomic E-state index is 12.7. The molecule has 0 bridgehead atoms. The third-order valence-corrected chi connectivity index (χ3v) is 5.65. The number of benzene rings is 3. The van der Waals surface area contributed by atoms with Gasteiger partial charge >= 0.3 is 0 Å². The number of rotatable bonds is 5. The third kappa shape index (κ3) is 4.26. The van der Waals surface area contributed by atoms with Crippen LogP contribution in [0.4, 0.5) is 5.69 Å². The van der Waals surface area contributed by atoms with Crippen LogP contribution < -0.4 is 15.4 Å². The minimum absolute atomic E-state index is 0.188. The van der Waals surface area contributed by atoms with Crippen LogP contribution >= 0.6 is 23.2 Å². The second-order valence-corrected chi connectivity index (χ2v) is 7.78. The van der Waals surface area contributed by atoms with Crippen molar-refractivity contribution in [2.75, 3.05) is 5.32 Å². The molecule has 156 valence electrons. The van der Waals surface area contributed by atoms with E-state index in [2.05, 4.69) is 10.6 Å². The Morgan fingerprint density at radius 3 is 2.52 bits per heavy atom. The van der Waals surface area contributed by atoms with E-state index in [-0.39, 0.29) is 23.3 Å². The summed E-state index contributed by atoms with van der Waals surface area (Å²) in [6, 6.07) is 15.0. The molecule has 8 heteroatoms. The molecule has 0 aliphatic carbocycles. The van der Waals surface area contributed by atoms with E-state index in [4.69, 9.17) is 27.9 Å². The lowest BCUT2D eigenvalue weighted by molar-refractivity contribution is 0.0879. The molecule has 0 unspecified atom stereocenters. The first kappa shape index (κ1) is 20.9. The van der Waals surface area contributed by atoms with Crippen LogP contribution in [0.2, 0.25) is 10.0 Å². The summed E-state index contributed by atoms with van der Waals surface area (Å²) in [7, 11) is 0. The second kappa shape index (κ2) is 8.41. The molecule has 1 aliphatic heterocycles. The van der Waals surface area contributed by atoms with Gasteiger partial charge in [0.25, 0.3) is 17.7 Å². The molecule has 0 radical (unpaired) electrons. The highest BCUT2D eigenvalue weighted by molar-refractivity contribution is 6.42. The van der Waals surface area contributed by atoms with Gasteiger partial charge in [-0.25, -0.2) is 0 Å². The normalized spacial score (nSPS) is 12.4. The molecule has 0 atom stereocenters. The van der Waals surface area contributed by atoms with Crippen molar-refractivity contribution < 1.29 is 19.1 Å². The average Bonchev–Trinajstić information content (AvgIpc) is 3.04. The number of hydrogen-bond donors (Lipinski definition) is 2. The van der Waals surface area contributed by atoms with Crippen LogP contribution in [-0.4, -0.2) is 17.7 Å².